The van der Waals surface area contributed by atoms with E-state index in [-0.39, 0.29) is 43.6 Å². The van der Waals surface area contributed by atoms with E-state index in [0.717, 1.165) is 0 Å². The van der Waals surface area contributed by atoms with Crippen LogP contribution in [0.15, 0.2) is 58.3 Å². The van der Waals surface area contributed by atoms with Crippen LogP contribution in [0.25, 0.3) is 10.8 Å². The van der Waals surface area contributed by atoms with Crippen molar-refractivity contribution in [2.24, 2.45) is 0 Å². The van der Waals surface area contributed by atoms with Crippen molar-refractivity contribution >= 4 is 32.5 Å². The maximum atomic E-state index is 13.5. The molecule has 8 nitrogen and oxygen atoms in total. The molecular formula is C22H20O8S. The summed E-state index contributed by atoms with van der Waals surface area (Å²) in [4.78, 5) is 23.5. The summed E-state index contributed by atoms with van der Waals surface area (Å²) in [5, 5.41) is 0.219. The van der Waals surface area contributed by atoms with E-state index in [1.807, 2.05) is 0 Å². The summed E-state index contributed by atoms with van der Waals surface area (Å²) in [5.74, 6) is -1.67. The minimum atomic E-state index is -4.04. The molecule has 3 aromatic rings. The molecule has 3 aromatic carbocycles. The van der Waals surface area contributed by atoms with Crippen LogP contribution in [0.4, 0.5) is 0 Å². The van der Waals surface area contributed by atoms with E-state index in [0.29, 0.717) is 0 Å². The van der Waals surface area contributed by atoms with Gasteiger partial charge in [-0.2, -0.15) is 0 Å². The first-order valence-electron chi connectivity index (χ1n) is 9.10. The fourth-order valence-electron chi connectivity index (χ4n) is 3.20. The molecule has 0 radical (unpaired) electrons. The Morgan fingerprint density at radius 2 is 1.26 bits per heavy atom. The molecule has 0 unspecified atom stereocenters. The van der Waals surface area contributed by atoms with E-state index in [1.54, 1.807) is 18.2 Å². The predicted molar refractivity (Wildman–Crippen MR) is 112 cm³/mol. The van der Waals surface area contributed by atoms with E-state index < -0.39 is 21.8 Å². The number of hydrogen-bond acceptors (Lipinski definition) is 8. The van der Waals surface area contributed by atoms with Crippen molar-refractivity contribution in [2.75, 3.05) is 14.2 Å². The van der Waals surface area contributed by atoms with Gasteiger partial charge in [-0.1, -0.05) is 30.3 Å². The second-order valence-electron chi connectivity index (χ2n) is 6.41. The molecule has 0 N–H and O–H groups in total. The number of ether oxygens (including phenoxy) is 4. The fraction of sp³-hybridized carbons (Fsp3) is 0.182. The quantitative estimate of drug-likeness (QED) is 0.420. The number of fused-ring (bicyclic) bond motifs is 1. The normalized spacial score (nSPS) is 11.1. The van der Waals surface area contributed by atoms with Crippen LogP contribution < -0.4 is 18.9 Å². The summed E-state index contributed by atoms with van der Waals surface area (Å²) in [5.41, 5.74) is 0. The smallest absolute Gasteiger partial charge is 0.308 e. The first-order valence-corrected chi connectivity index (χ1v) is 10.6. The topological polar surface area (TPSA) is 105 Å². The molecule has 31 heavy (non-hydrogen) atoms. The van der Waals surface area contributed by atoms with E-state index in [9.17, 15) is 18.0 Å². The first kappa shape index (κ1) is 22.1. The summed E-state index contributed by atoms with van der Waals surface area (Å²) < 4.78 is 48.4. The van der Waals surface area contributed by atoms with Crippen molar-refractivity contribution in [3.8, 4) is 23.0 Å². The highest BCUT2D eigenvalue weighted by Crippen LogP contribution is 2.53. The molecule has 0 atom stereocenters. The lowest BCUT2D eigenvalue weighted by atomic mass is 10.1. The summed E-state index contributed by atoms with van der Waals surface area (Å²) >= 11 is 0. The molecule has 0 bridgehead atoms. The van der Waals surface area contributed by atoms with Crippen LogP contribution in [0.5, 0.6) is 23.0 Å². The molecule has 0 aliphatic rings. The van der Waals surface area contributed by atoms with Crippen molar-refractivity contribution in [3.63, 3.8) is 0 Å². The highest BCUT2D eigenvalue weighted by molar-refractivity contribution is 7.91. The summed E-state index contributed by atoms with van der Waals surface area (Å²) in [6, 6.07) is 12.2. The van der Waals surface area contributed by atoms with E-state index in [4.69, 9.17) is 18.9 Å². The van der Waals surface area contributed by atoms with E-state index >= 15 is 0 Å². The standard InChI is InChI=1S/C22H20O8S/c1-13(23)29-19-16-11-8-12-17(31(25,26)15-9-6-5-7-10-15)18(16)20(30-14(2)24)22(28-4)21(19)27-3/h5-12H,1-4H3. The number of sulfone groups is 1. The van der Waals surface area contributed by atoms with Gasteiger partial charge in [-0.05, 0) is 18.2 Å². The molecule has 0 amide bonds. The van der Waals surface area contributed by atoms with Gasteiger partial charge in [-0.3, -0.25) is 9.59 Å². The number of carbonyl (C=O) groups excluding carboxylic acids is 2. The van der Waals surface area contributed by atoms with Crippen LogP contribution in [0.3, 0.4) is 0 Å². The van der Waals surface area contributed by atoms with Gasteiger partial charge < -0.3 is 18.9 Å². The summed E-state index contributed by atoms with van der Waals surface area (Å²) in [6.45, 7) is 2.37. The summed E-state index contributed by atoms with van der Waals surface area (Å²) in [7, 11) is -1.43. The lowest BCUT2D eigenvalue weighted by Gasteiger charge is -2.20. The molecule has 0 aliphatic heterocycles. The number of benzene rings is 3. The number of hydrogen-bond donors (Lipinski definition) is 0. The zero-order valence-electron chi connectivity index (χ0n) is 17.3. The molecule has 0 fully saturated rings. The molecule has 0 spiro atoms. The Morgan fingerprint density at radius 1 is 0.710 bits per heavy atom. The van der Waals surface area contributed by atoms with Gasteiger partial charge in [-0.15, -0.1) is 0 Å². The lowest BCUT2D eigenvalue weighted by Crippen LogP contribution is -2.10. The third-order valence-electron chi connectivity index (χ3n) is 4.36. The van der Waals surface area contributed by atoms with E-state index in [2.05, 4.69) is 0 Å². The zero-order valence-corrected chi connectivity index (χ0v) is 18.1. The van der Waals surface area contributed by atoms with Gasteiger partial charge in [0.05, 0.1) is 29.4 Å². The van der Waals surface area contributed by atoms with Crippen LogP contribution >= 0.6 is 0 Å². The van der Waals surface area contributed by atoms with E-state index in [1.165, 1.54) is 58.4 Å². The maximum Gasteiger partial charge on any atom is 0.308 e. The lowest BCUT2D eigenvalue weighted by molar-refractivity contribution is -0.133. The minimum Gasteiger partial charge on any atom is -0.490 e. The Hall–Kier alpha value is -3.59. The third-order valence-corrected chi connectivity index (χ3v) is 6.17. The van der Waals surface area contributed by atoms with Gasteiger partial charge in [0, 0.05) is 19.2 Å². The Kier molecular flexibility index (Phi) is 6.16. The average molecular weight is 444 g/mol. The van der Waals surface area contributed by atoms with Gasteiger partial charge in [0.15, 0.2) is 11.5 Å². The Balaban J connectivity index is 2.54. The molecule has 0 aromatic heterocycles. The van der Waals surface area contributed by atoms with Crippen LogP contribution in [0.1, 0.15) is 13.8 Å². The monoisotopic (exact) mass is 444 g/mol. The molecular weight excluding hydrogens is 424 g/mol. The van der Waals surface area contributed by atoms with Crippen molar-refractivity contribution in [1.29, 1.82) is 0 Å². The molecule has 162 valence electrons. The molecule has 0 saturated carbocycles. The fourth-order valence-corrected chi connectivity index (χ4v) is 4.70. The van der Waals surface area contributed by atoms with Gasteiger partial charge in [0.1, 0.15) is 0 Å². The van der Waals surface area contributed by atoms with Crippen molar-refractivity contribution in [2.45, 2.75) is 23.6 Å². The molecule has 9 heteroatoms. The Morgan fingerprint density at radius 3 is 1.81 bits per heavy atom. The van der Waals surface area contributed by atoms with Crippen LogP contribution in [-0.2, 0) is 19.4 Å². The minimum absolute atomic E-state index is 0.0179. The third kappa shape index (κ3) is 4.04. The highest BCUT2D eigenvalue weighted by Gasteiger charge is 2.31. The van der Waals surface area contributed by atoms with Gasteiger partial charge in [-0.25, -0.2) is 8.42 Å². The predicted octanol–water partition coefficient (Wildman–Crippen LogP) is 3.54. The molecule has 0 heterocycles. The molecule has 0 saturated heterocycles. The number of rotatable bonds is 6. The number of carbonyl (C=O) groups is 2. The second-order valence-corrected chi connectivity index (χ2v) is 8.33. The first-order chi connectivity index (χ1) is 14.7. The summed E-state index contributed by atoms with van der Waals surface area (Å²) in [6.07, 6.45) is 0. The molecule has 3 rings (SSSR count). The Labute approximate surface area is 179 Å². The largest absolute Gasteiger partial charge is 0.490 e. The SMILES string of the molecule is COc1c(OC)c(OC(C)=O)c2c(S(=O)(=O)c3ccccc3)cccc2c1OC(C)=O. The van der Waals surface area contributed by atoms with Crippen molar-refractivity contribution in [3.05, 3.63) is 48.5 Å². The van der Waals surface area contributed by atoms with Crippen molar-refractivity contribution < 1.29 is 37.0 Å². The molecule has 0 aliphatic carbocycles. The van der Waals surface area contributed by atoms with Gasteiger partial charge in [0.2, 0.25) is 21.3 Å². The number of methoxy groups -OCH3 is 2. The van der Waals surface area contributed by atoms with Crippen LogP contribution in [0.2, 0.25) is 0 Å². The maximum absolute atomic E-state index is 13.5. The van der Waals surface area contributed by atoms with Gasteiger partial charge in [0.25, 0.3) is 0 Å². The van der Waals surface area contributed by atoms with Crippen LogP contribution in [-0.4, -0.2) is 34.6 Å². The second kappa shape index (κ2) is 8.65. The number of esters is 2. The van der Waals surface area contributed by atoms with Crippen LogP contribution in [0, 0.1) is 0 Å². The Bertz CT molecular complexity index is 1260. The average Bonchev–Trinajstić information content (AvgIpc) is 2.74. The van der Waals surface area contributed by atoms with Crippen molar-refractivity contribution in [1.82, 2.24) is 0 Å². The highest BCUT2D eigenvalue weighted by atomic mass is 32.2. The zero-order chi connectivity index (χ0) is 22.8. The van der Waals surface area contributed by atoms with Gasteiger partial charge >= 0.3 is 11.9 Å².